The minimum atomic E-state index is -0.297. The number of rotatable bonds is 9. The van der Waals surface area contributed by atoms with Crippen molar-refractivity contribution in [1.82, 2.24) is 25.5 Å². The van der Waals surface area contributed by atoms with Gasteiger partial charge in [-0.05, 0) is 53.1 Å². The van der Waals surface area contributed by atoms with Crippen molar-refractivity contribution in [1.29, 1.82) is 0 Å². The third-order valence-corrected chi connectivity index (χ3v) is 6.36. The third-order valence-electron chi connectivity index (χ3n) is 5.50. The molecule has 10 heteroatoms. The fraction of sp³-hybridized carbons (Fsp3) is 0.435. The summed E-state index contributed by atoms with van der Waals surface area (Å²) in [5.41, 5.74) is 1.81. The first-order chi connectivity index (χ1) is 16.0. The predicted molar refractivity (Wildman–Crippen MR) is 126 cm³/mol. The Morgan fingerprint density at radius 1 is 1.27 bits per heavy atom. The molecule has 2 amide bonds. The number of hydrogen-bond acceptors (Lipinski definition) is 7. The van der Waals surface area contributed by atoms with Crippen molar-refractivity contribution in [2.24, 2.45) is 0 Å². The number of ether oxygens (including phenoxy) is 1. The van der Waals surface area contributed by atoms with Crippen molar-refractivity contribution in [3.05, 3.63) is 47.3 Å². The van der Waals surface area contributed by atoms with Gasteiger partial charge in [-0.2, -0.15) is 4.80 Å². The van der Waals surface area contributed by atoms with Gasteiger partial charge in [0.15, 0.2) is 0 Å². The lowest BCUT2D eigenvalue weighted by molar-refractivity contribution is -0.124. The maximum Gasteiger partial charge on any atom is 0.251 e. The molecule has 1 aromatic carbocycles. The van der Waals surface area contributed by atoms with Crippen LogP contribution < -0.4 is 10.2 Å². The maximum atomic E-state index is 13.2. The van der Waals surface area contributed by atoms with E-state index in [1.165, 1.54) is 21.0 Å². The lowest BCUT2D eigenvalue weighted by Gasteiger charge is -2.23. The van der Waals surface area contributed by atoms with Gasteiger partial charge in [-0.1, -0.05) is 32.0 Å². The van der Waals surface area contributed by atoms with Gasteiger partial charge in [0.25, 0.3) is 5.91 Å². The van der Waals surface area contributed by atoms with Crippen molar-refractivity contribution < 1.29 is 14.3 Å². The van der Waals surface area contributed by atoms with Crippen molar-refractivity contribution in [2.45, 2.75) is 45.3 Å². The highest BCUT2D eigenvalue weighted by Gasteiger charge is 2.23. The number of anilines is 1. The number of hydrogen-bond donors (Lipinski definition) is 1. The van der Waals surface area contributed by atoms with Gasteiger partial charge in [0, 0.05) is 18.8 Å². The molecule has 0 spiro atoms. The molecule has 9 nitrogen and oxygen atoms in total. The fourth-order valence-electron chi connectivity index (χ4n) is 3.62. The Labute approximate surface area is 196 Å². The molecule has 4 rings (SSSR count). The van der Waals surface area contributed by atoms with Crippen molar-refractivity contribution in [3.63, 3.8) is 0 Å². The number of aromatic nitrogens is 4. The SMILES string of the molecule is CC(C)c1ccc(N(CC(=O)NC[C@H]2CCCO2)C(=O)Cn2nnc(-c3cccs3)n2)cc1. The molecule has 1 fully saturated rings. The van der Waals surface area contributed by atoms with Crippen LogP contribution in [0.2, 0.25) is 0 Å². The number of thiophene rings is 1. The molecule has 3 aromatic rings. The van der Waals surface area contributed by atoms with E-state index in [1.807, 2.05) is 41.8 Å². The average molecular weight is 469 g/mol. The Bertz CT molecular complexity index is 1060. The molecular weight excluding hydrogens is 440 g/mol. The number of nitrogens with zero attached hydrogens (tertiary/aromatic N) is 5. The van der Waals surface area contributed by atoms with Gasteiger partial charge in [-0.25, -0.2) is 0 Å². The summed E-state index contributed by atoms with van der Waals surface area (Å²) < 4.78 is 5.57. The first-order valence-corrected chi connectivity index (χ1v) is 12.0. The zero-order valence-corrected chi connectivity index (χ0v) is 19.6. The summed E-state index contributed by atoms with van der Waals surface area (Å²) in [7, 11) is 0. The van der Waals surface area contributed by atoms with Crippen molar-refractivity contribution in [2.75, 3.05) is 24.6 Å². The van der Waals surface area contributed by atoms with Crippen LogP contribution in [0.3, 0.4) is 0 Å². The van der Waals surface area contributed by atoms with E-state index in [0.717, 1.165) is 29.9 Å². The van der Waals surface area contributed by atoms with Crippen LogP contribution in [0.15, 0.2) is 41.8 Å². The third kappa shape index (κ3) is 6.02. The quantitative estimate of drug-likeness (QED) is 0.518. The van der Waals surface area contributed by atoms with E-state index in [9.17, 15) is 9.59 Å². The second-order valence-electron chi connectivity index (χ2n) is 8.29. The summed E-state index contributed by atoms with van der Waals surface area (Å²) in [5, 5.41) is 17.2. The zero-order valence-electron chi connectivity index (χ0n) is 18.8. The number of carbonyl (C=O) groups is 2. The molecule has 1 saturated heterocycles. The van der Waals surface area contributed by atoms with Gasteiger partial charge in [-0.15, -0.1) is 21.5 Å². The van der Waals surface area contributed by atoms with Gasteiger partial charge in [-0.3, -0.25) is 9.59 Å². The highest BCUT2D eigenvalue weighted by atomic mass is 32.1. The van der Waals surface area contributed by atoms with Crippen LogP contribution in [-0.2, 0) is 20.9 Å². The molecule has 3 heterocycles. The second-order valence-corrected chi connectivity index (χ2v) is 9.23. The van der Waals surface area contributed by atoms with Crippen molar-refractivity contribution in [3.8, 4) is 10.7 Å². The molecule has 0 aliphatic carbocycles. The van der Waals surface area contributed by atoms with E-state index >= 15 is 0 Å². The highest BCUT2D eigenvalue weighted by Crippen LogP contribution is 2.22. The van der Waals surface area contributed by atoms with Gasteiger partial charge < -0.3 is 15.0 Å². The predicted octanol–water partition coefficient (Wildman–Crippen LogP) is 2.85. The summed E-state index contributed by atoms with van der Waals surface area (Å²) in [5.74, 6) is 0.306. The van der Waals surface area contributed by atoms with Crippen LogP contribution in [0.5, 0.6) is 0 Å². The molecule has 0 bridgehead atoms. The van der Waals surface area contributed by atoms with Crippen LogP contribution in [-0.4, -0.2) is 57.8 Å². The Balaban J connectivity index is 1.47. The molecule has 1 aliphatic rings. The average Bonchev–Trinajstić information content (AvgIpc) is 3.59. The molecule has 1 atom stereocenters. The molecule has 1 N–H and O–H groups in total. The Hall–Kier alpha value is -3.11. The molecular formula is C23H28N6O3S. The molecule has 2 aromatic heterocycles. The number of tetrazole rings is 1. The summed E-state index contributed by atoms with van der Waals surface area (Å²) in [6.45, 7) is 5.17. The normalized spacial score (nSPS) is 15.7. The van der Waals surface area contributed by atoms with Gasteiger partial charge >= 0.3 is 0 Å². The Morgan fingerprint density at radius 3 is 2.76 bits per heavy atom. The lowest BCUT2D eigenvalue weighted by atomic mass is 10.0. The van der Waals surface area contributed by atoms with Crippen LogP contribution >= 0.6 is 11.3 Å². The summed E-state index contributed by atoms with van der Waals surface area (Å²) in [6, 6.07) is 11.5. The van der Waals surface area contributed by atoms with Crippen LogP contribution in [0, 0.1) is 0 Å². The number of amides is 2. The molecule has 0 saturated carbocycles. The number of carbonyl (C=O) groups excluding carboxylic acids is 2. The minimum absolute atomic E-state index is 0.0402. The van der Waals surface area contributed by atoms with Crippen molar-refractivity contribution >= 4 is 28.8 Å². The van der Waals surface area contributed by atoms with E-state index in [0.29, 0.717) is 24.0 Å². The monoisotopic (exact) mass is 468 g/mol. The van der Waals surface area contributed by atoms with Gasteiger partial charge in [0.2, 0.25) is 11.7 Å². The maximum absolute atomic E-state index is 13.2. The van der Waals surface area contributed by atoms with E-state index in [4.69, 9.17) is 4.74 Å². The second kappa shape index (κ2) is 10.7. The van der Waals surface area contributed by atoms with Gasteiger partial charge in [0.1, 0.15) is 13.1 Å². The fourth-order valence-corrected chi connectivity index (χ4v) is 4.26. The number of nitrogens with one attached hydrogen (secondary N) is 1. The molecule has 0 unspecified atom stereocenters. The topological polar surface area (TPSA) is 102 Å². The summed E-state index contributed by atoms with van der Waals surface area (Å²) >= 11 is 1.50. The smallest absolute Gasteiger partial charge is 0.251 e. The standard InChI is InChI=1S/C23H28N6O3S/c1-16(2)17-7-9-18(10-8-17)28(14-21(30)24-13-19-5-3-11-32-19)22(31)15-29-26-23(25-27-29)20-6-4-12-33-20/h4,6-10,12,16,19H,3,5,11,13-15H2,1-2H3,(H,24,30)/t19-/m1/s1. The minimum Gasteiger partial charge on any atom is -0.376 e. The zero-order chi connectivity index (χ0) is 23.2. The van der Waals surface area contributed by atoms with E-state index in [1.54, 1.807) is 0 Å². The van der Waals surface area contributed by atoms with Crippen LogP contribution in [0.25, 0.3) is 10.7 Å². The first kappa shape index (κ1) is 23.1. The Kier molecular flexibility index (Phi) is 7.46. The summed E-state index contributed by atoms with van der Waals surface area (Å²) in [6.07, 6.45) is 1.98. The molecule has 33 heavy (non-hydrogen) atoms. The van der Waals surface area contributed by atoms with Crippen LogP contribution in [0.4, 0.5) is 5.69 Å². The molecule has 0 radical (unpaired) electrons. The Morgan fingerprint density at radius 2 is 2.09 bits per heavy atom. The largest absolute Gasteiger partial charge is 0.376 e. The summed E-state index contributed by atoms with van der Waals surface area (Å²) in [4.78, 5) is 29.5. The van der Waals surface area contributed by atoms with E-state index in [2.05, 4.69) is 34.6 Å². The first-order valence-electron chi connectivity index (χ1n) is 11.1. The highest BCUT2D eigenvalue weighted by molar-refractivity contribution is 7.13. The molecule has 1 aliphatic heterocycles. The van der Waals surface area contributed by atoms with Gasteiger partial charge in [0.05, 0.1) is 11.0 Å². The van der Waals surface area contributed by atoms with E-state index in [-0.39, 0.29) is 31.0 Å². The van der Waals surface area contributed by atoms with Crippen LogP contribution in [0.1, 0.15) is 38.2 Å². The lowest BCUT2D eigenvalue weighted by Crippen LogP contribution is -2.44. The number of benzene rings is 1. The molecule has 174 valence electrons. The van der Waals surface area contributed by atoms with E-state index < -0.39 is 0 Å².